The van der Waals surface area contributed by atoms with Crippen molar-refractivity contribution in [2.45, 2.75) is 25.2 Å². The highest BCUT2D eigenvalue weighted by atomic mass is 32.2. The van der Waals surface area contributed by atoms with Gasteiger partial charge in [-0.1, -0.05) is 18.2 Å². The maximum absolute atomic E-state index is 14.1. The number of aromatic amines is 1. The highest BCUT2D eigenvalue weighted by molar-refractivity contribution is 7.92. The Bertz CT molecular complexity index is 1530. The number of carbonyl (C=O) groups is 1. The number of hydrogen-bond donors (Lipinski definition) is 2. The smallest absolute Gasteiger partial charge is 0.264 e. The number of aryl methyl sites for hydroxylation is 2. The van der Waals surface area contributed by atoms with Gasteiger partial charge in [0.25, 0.3) is 10.0 Å². The van der Waals surface area contributed by atoms with E-state index >= 15 is 0 Å². The summed E-state index contributed by atoms with van der Waals surface area (Å²) in [5.74, 6) is -0.536. The van der Waals surface area contributed by atoms with Gasteiger partial charge in [-0.2, -0.15) is 5.10 Å². The molecule has 4 rings (SSSR count). The van der Waals surface area contributed by atoms with Gasteiger partial charge in [0.15, 0.2) is 0 Å². The monoisotopic (exact) mass is 511 g/mol. The molecule has 0 bridgehead atoms. The van der Waals surface area contributed by atoms with Crippen LogP contribution >= 0.6 is 0 Å². The molecule has 0 saturated carbocycles. The molecule has 2 aromatic carbocycles. The molecule has 2 heterocycles. The molecule has 0 aliphatic carbocycles. The number of H-pyrrole nitrogens is 1. The van der Waals surface area contributed by atoms with Gasteiger partial charge in [0, 0.05) is 31.0 Å². The fourth-order valence-electron chi connectivity index (χ4n) is 3.60. The van der Waals surface area contributed by atoms with Crippen LogP contribution in [0, 0.1) is 19.7 Å². The summed E-state index contributed by atoms with van der Waals surface area (Å²) >= 11 is 0. The van der Waals surface area contributed by atoms with E-state index in [4.69, 9.17) is 4.74 Å². The molecule has 0 saturated heterocycles. The average molecular weight is 512 g/mol. The summed E-state index contributed by atoms with van der Waals surface area (Å²) in [6.45, 7) is 3.70. The Morgan fingerprint density at radius 1 is 1.11 bits per heavy atom. The summed E-state index contributed by atoms with van der Waals surface area (Å²) < 4.78 is 47.8. The molecule has 4 aromatic rings. The molecule has 188 valence electrons. The zero-order valence-electron chi connectivity index (χ0n) is 20.3. The minimum atomic E-state index is -4.11. The third-order valence-corrected chi connectivity index (χ3v) is 6.94. The highest BCUT2D eigenvalue weighted by Gasteiger charge is 2.20. The predicted molar refractivity (Wildman–Crippen MR) is 135 cm³/mol. The van der Waals surface area contributed by atoms with Gasteiger partial charge in [0.05, 0.1) is 29.6 Å². The summed E-state index contributed by atoms with van der Waals surface area (Å²) in [4.78, 5) is 17.6. The SMILES string of the molecule is Cc1ccc(F)c(S(=O)(=O)Nc2ccc(-c3cc4n[nH]c(C)c4c(OCCC(=O)N(C)C)n3)cc2)c1. The fourth-order valence-corrected chi connectivity index (χ4v) is 4.82. The number of sulfonamides is 1. The first-order valence-corrected chi connectivity index (χ1v) is 12.6. The fraction of sp³-hybridized carbons (Fsp3) is 0.240. The lowest BCUT2D eigenvalue weighted by Crippen LogP contribution is -2.23. The molecule has 9 nitrogen and oxygen atoms in total. The predicted octanol–water partition coefficient (Wildman–Crippen LogP) is 4.04. The first-order valence-electron chi connectivity index (χ1n) is 11.1. The minimum absolute atomic E-state index is 0.0603. The number of ether oxygens (including phenoxy) is 1. The molecule has 0 fully saturated rings. The standard InChI is InChI=1S/C25H26FN5O4S/c1-15-5-10-19(26)22(13-15)36(33,34)30-18-8-6-17(7-9-18)20-14-21-24(16(2)28-29-21)25(27-20)35-12-11-23(32)31(3)4/h5-10,13-14,30H,11-12H2,1-4H3,(H,28,29). The molecule has 0 spiro atoms. The van der Waals surface area contributed by atoms with Crippen LogP contribution in [0.4, 0.5) is 10.1 Å². The van der Waals surface area contributed by atoms with Crippen molar-refractivity contribution < 1.29 is 22.3 Å². The quantitative estimate of drug-likeness (QED) is 0.369. The van der Waals surface area contributed by atoms with E-state index in [9.17, 15) is 17.6 Å². The normalized spacial score (nSPS) is 11.5. The highest BCUT2D eigenvalue weighted by Crippen LogP contribution is 2.31. The van der Waals surface area contributed by atoms with E-state index in [1.807, 2.05) is 6.92 Å². The summed E-state index contributed by atoms with van der Waals surface area (Å²) in [6, 6.07) is 12.2. The first kappa shape index (κ1) is 25.1. The number of aromatic nitrogens is 3. The van der Waals surface area contributed by atoms with Crippen molar-refractivity contribution in [1.82, 2.24) is 20.1 Å². The molecule has 2 N–H and O–H groups in total. The molecule has 36 heavy (non-hydrogen) atoms. The zero-order chi connectivity index (χ0) is 26.0. The first-order chi connectivity index (χ1) is 17.0. The Kier molecular flexibility index (Phi) is 6.93. The van der Waals surface area contributed by atoms with Crippen molar-refractivity contribution in [3.8, 4) is 17.1 Å². The topological polar surface area (TPSA) is 117 Å². The van der Waals surface area contributed by atoms with E-state index in [0.717, 1.165) is 17.1 Å². The van der Waals surface area contributed by atoms with Crippen LogP contribution in [0.15, 0.2) is 53.4 Å². The van der Waals surface area contributed by atoms with Gasteiger partial charge in [-0.15, -0.1) is 0 Å². The molecule has 2 aromatic heterocycles. The number of pyridine rings is 1. The molecular weight excluding hydrogens is 485 g/mol. The third kappa shape index (κ3) is 5.30. The maximum Gasteiger partial charge on any atom is 0.264 e. The van der Waals surface area contributed by atoms with Gasteiger partial charge in [0.2, 0.25) is 11.8 Å². The second-order valence-corrected chi connectivity index (χ2v) is 10.2. The average Bonchev–Trinajstić information content (AvgIpc) is 3.21. The molecule has 0 aliphatic heterocycles. The minimum Gasteiger partial charge on any atom is -0.477 e. The number of anilines is 1. The third-order valence-electron chi connectivity index (χ3n) is 5.55. The molecule has 0 unspecified atom stereocenters. The Labute approximate surface area is 208 Å². The van der Waals surface area contributed by atoms with E-state index in [1.165, 1.54) is 17.0 Å². The summed E-state index contributed by atoms with van der Waals surface area (Å²) in [5, 5.41) is 7.95. The lowest BCUT2D eigenvalue weighted by molar-refractivity contribution is -0.129. The number of hydrogen-bond acceptors (Lipinski definition) is 6. The Morgan fingerprint density at radius 3 is 2.53 bits per heavy atom. The number of nitrogens with one attached hydrogen (secondary N) is 2. The zero-order valence-corrected chi connectivity index (χ0v) is 21.1. The second-order valence-electron chi connectivity index (χ2n) is 8.56. The number of carbonyl (C=O) groups excluding carboxylic acids is 1. The van der Waals surface area contributed by atoms with Crippen LogP contribution in [-0.2, 0) is 14.8 Å². The van der Waals surface area contributed by atoms with Crippen molar-refractivity contribution >= 4 is 32.5 Å². The molecule has 0 atom stereocenters. The lowest BCUT2D eigenvalue weighted by atomic mass is 10.1. The van der Waals surface area contributed by atoms with E-state index in [0.29, 0.717) is 28.2 Å². The Hall–Kier alpha value is -3.99. The number of benzene rings is 2. The Balaban J connectivity index is 1.59. The molecule has 11 heteroatoms. The molecular formula is C25H26FN5O4S. The van der Waals surface area contributed by atoms with E-state index in [-0.39, 0.29) is 24.6 Å². The van der Waals surface area contributed by atoms with Crippen molar-refractivity contribution in [3.63, 3.8) is 0 Å². The Morgan fingerprint density at radius 2 is 1.83 bits per heavy atom. The summed E-state index contributed by atoms with van der Waals surface area (Å²) in [6.07, 6.45) is 0.202. The van der Waals surface area contributed by atoms with Crippen LogP contribution in [0.3, 0.4) is 0 Å². The van der Waals surface area contributed by atoms with Gasteiger partial charge >= 0.3 is 0 Å². The van der Waals surface area contributed by atoms with Gasteiger partial charge in [-0.25, -0.2) is 17.8 Å². The number of rotatable bonds is 8. The molecule has 0 radical (unpaired) electrons. The van der Waals surface area contributed by atoms with E-state index in [1.54, 1.807) is 51.4 Å². The number of nitrogens with zero attached hydrogens (tertiary/aromatic N) is 3. The van der Waals surface area contributed by atoms with Crippen LogP contribution < -0.4 is 9.46 Å². The number of amides is 1. The van der Waals surface area contributed by atoms with Gasteiger partial charge in [0.1, 0.15) is 10.7 Å². The summed E-state index contributed by atoms with van der Waals surface area (Å²) in [5.41, 5.74) is 3.58. The van der Waals surface area contributed by atoms with Crippen LogP contribution in [0.1, 0.15) is 17.7 Å². The molecule has 1 amide bonds. The van der Waals surface area contributed by atoms with Crippen LogP contribution in [0.25, 0.3) is 22.2 Å². The van der Waals surface area contributed by atoms with Crippen molar-refractivity contribution in [3.05, 3.63) is 65.6 Å². The summed E-state index contributed by atoms with van der Waals surface area (Å²) in [7, 11) is -0.743. The van der Waals surface area contributed by atoms with Crippen molar-refractivity contribution in [2.24, 2.45) is 0 Å². The van der Waals surface area contributed by atoms with Gasteiger partial charge < -0.3 is 9.64 Å². The largest absolute Gasteiger partial charge is 0.477 e. The molecule has 0 aliphatic rings. The van der Waals surface area contributed by atoms with Crippen LogP contribution in [0.5, 0.6) is 5.88 Å². The lowest BCUT2D eigenvalue weighted by Gasteiger charge is -2.12. The van der Waals surface area contributed by atoms with Crippen molar-refractivity contribution in [1.29, 1.82) is 0 Å². The number of halogens is 1. The van der Waals surface area contributed by atoms with Crippen molar-refractivity contribution in [2.75, 3.05) is 25.4 Å². The second kappa shape index (κ2) is 9.94. The van der Waals surface area contributed by atoms with Gasteiger partial charge in [-0.3, -0.25) is 14.6 Å². The van der Waals surface area contributed by atoms with Gasteiger partial charge in [-0.05, 0) is 49.7 Å². The van der Waals surface area contributed by atoms with E-state index < -0.39 is 20.7 Å². The maximum atomic E-state index is 14.1. The van der Waals surface area contributed by atoms with Crippen LogP contribution in [0.2, 0.25) is 0 Å². The number of fused-ring (bicyclic) bond motifs is 1. The van der Waals surface area contributed by atoms with E-state index in [2.05, 4.69) is 19.9 Å². The van der Waals surface area contributed by atoms with Crippen LogP contribution in [-0.4, -0.2) is 55.1 Å².